The lowest BCUT2D eigenvalue weighted by molar-refractivity contribution is -0.118. The molecule has 1 amide bonds. The second-order valence-corrected chi connectivity index (χ2v) is 3.53. The van der Waals surface area contributed by atoms with E-state index in [2.05, 4.69) is 9.97 Å². The van der Waals surface area contributed by atoms with E-state index in [0.29, 0.717) is 6.42 Å². The predicted octanol–water partition coefficient (Wildman–Crippen LogP) is 0.705. The van der Waals surface area contributed by atoms with Gasteiger partial charge in [-0.15, -0.1) is 0 Å². The van der Waals surface area contributed by atoms with Crippen LogP contribution in [-0.4, -0.2) is 15.9 Å². The topological polar surface area (TPSA) is 71.8 Å². The quantitative estimate of drug-likeness (QED) is 0.701. The molecule has 0 saturated carbocycles. The van der Waals surface area contributed by atoms with Crippen molar-refractivity contribution in [1.29, 1.82) is 0 Å². The number of aryl methyl sites for hydroxylation is 1. The van der Waals surface area contributed by atoms with Crippen molar-refractivity contribution in [3.8, 4) is 0 Å². The molecule has 4 heteroatoms. The van der Waals surface area contributed by atoms with Crippen molar-refractivity contribution in [1.82, 2.24) is 9.97 Å². The van der Waals surface area contributed by atoms with Crippen molar-refractivity contribution >= 4 is 5.91 Å². The third-order valence-corrected chi connectivity index (χ3v) is 2.57. The molecule has 0 saturated heterocycles. The molecule has 1 aromatic rings. The Labute approximate surface area is 76.5 Å². The Bertz CT molecular complexity index is 318. The number of carbonyl (C=O) groups excluding carboxylic acids is 1. The fraction of sp³-hybridized carbons (Fsp3) is 0.556. The molecule has 1 unspecified atom stereocenters. The number of hydrogen-bond donors (Lipinski definition) is 2. The molecule has 0 aliphatic heterocycles. The summed E-state index contributed by atoms with van der Waals surface area (Å²) in [7, 11) is 0. The number of hydrogen-bond acceptors (Lipinski definition) is 2. The van der Waals surface area contributed by atoms with Gasteiger partial charge in [0.2, 0.25) is 5.91 Å². The first-order valence-electron chi connectivity index (χ1n) is 4.58. The summed E-state index contributed by atoms with van der Waals surface area (Å²) in [6.45, 7) is 0. The van der Waals surface area contributed by atoms with Gasteiger partial charge < -0.3 is 10.7 Å². The van der Waals surface area contributed by atoms with Crippen molar-refractivity contribution in [3.05, 3.63) is 17.7 Å². The molecular formula is C9H13N3O. The van der Waals surface area contributed by atoms with Gasteiger partial charge >= 0.3 is 0 Å². The van der Waals surface area contributed by atoms with Crippen LogP contribution in [0.5, 0.6) is 0 Å². The normalized spacial score (nSPS) is 21.1. The van der Waals surface area contributed by atoms with E-state index in [1.165, 1.54) is 5.69 Å². The average Bonchev–Trinajstić information content (AvgIpc) is 2.51. The van der Waals surface area contributed by atoms with E-state index in [1.54, 1.807) is 6.33 Å². The number of nitrogens with zero attached hydrogens (tertiary/aromatic N) is 1. The Hall–Kier alpha value is -1.32. The molecule has 1 aromatic heterocycles. The molecule has 1 heterocycles. The van der Waals surface area contributed by atoms with Crippen LogP contribution in [0, 0.1) is 0 Å². The van der Waals surface area contributed by atoms with Crippen LogP contribution in [-0.2, 0) is 11.2 Å². The van der Waals surface area contributed by atoms with E-state index >= 15 is 0 Å². The number of nitrogens with two attached hydrogens (primary N) is 1. The number of rotatable bonds is 2. The number of nitrogens with one attached hydrogen (secondary N) is 1. The zero-order valence-corrected chi connectivity index (χ0v) is 7.42. The van der Waals surface area contributed by atoms with Crippen molar-refractivity contribution in [2.24, 2.45) is 5.73 Å². The van der Waals surface area contributed by atoms with Crippen LogP contribution in [0.15, 0.2) is 6.33 Å². The smallest absolute Gasteiger partial charge is 0.218 e. The molecule has 0 aromatic carbocycles. The van der Waals surface area contributed by atoms with Crippen LogP contribution in [0.4, 0.5) is 0 Å². The van der Waals surface area contributed by atoms with E-state index < -0.39 is 0 Å². The molecule has 1 aliphatic rings. The van der Waals surface area contributed by atoms with Crippen molar-refractivity contribution in [2.45, 2.75) is 31.6 Å². The maximum atomic E-state index is 10.8. The molecule has 0 radical (unpaired) electrons. The van der Waals surface area contributed by atoms with Gasteiger partial charge in [0.25, 0.3) is 0 Å². The van der Waals surface area contributed by atoms with Gasteiger partial charge in [-0.25, -0.2) is 4.98 Å². The third-order valence-electron chi connectivity index (χ3n) is 2.57. The van der Waals surface area contributed by atoms with Gasteiger partial charge in [-0.2, -0.15) is 0 Å². The second-order valence-electron chi connectivity index (χ2n) is 3.53. The van der Waals surface area contributed by atoms with Crippen LogP contribution in [0.1, 0.15) is 36.6 Å². The van der Waals surface area contributed by atoms with E-state index in [1.807, 2.05) is 0 Å². The number of fused-ring (bicyclic) bond motifs is 1. The van der Waals surface area contributed by atoms with Gasteiger partial charge in [-0.1, -0.05) is 0 Å². The lowest BCUT2D eigenvalue weighted by Gasteiger charge is -2.19. The highest BCUT2D eigenvalue weighted by atomic mass is 16.1. The number of imidazole rings is 1. The highest BCUT2D eigenvalue weighted by Crippen LogP contribution is 2.31. The van der Waals surface area contributed by atoms with E-state index in [9.17, 15) is 4.79 Å². The van der Waals surface area contributed by atoms with Crippen LogP contribution in [0.25, 0.3) is 0 Å². The maximum absolute atomic E-state index is 10.8. The van der Waals surface area contributed by atoms with Crippen LogP contribution < -0.4 is 5.73 Å². The van der Waals surface area contributed by atoms with E-state index in [-0.39, 0.29) is 11.8 Å². The molecule has 0 spiro atoms. The first-order chi connectivity index (χ1) is 6.27. The van der Waals surface area contributed by atoms with Crippen molar-refractivity contribution < 1.29 is 4.79 Å². The zero-order chi connectivity index (χ0) is 9.26. The highest BCUT2D eigenvalue weighted by molar-refractivity contribution is 5.74. The van der Waals surface area contributed by atoms with Crippen molar-refractivity contribution in [2.75, 3.05) is 0 Å². The Morgan fingerprint density at radius 2 is 2.62 bits per heavy atom. The molecule has 70 valence electrons. The molecule has 0 fully saturated rings. The summed E-state index contributed by atoms with van der Waals surface area (Å²) in [4.78, 5) is 18.1. The number of aromatic amines is 1. The molecule has 13 heavy (non-hydrogen) atoms. The first-order valence-corrected chi connectivity index (χ1v) is 4.58. The minimum absolute atomic E-state index is 0.235. The van der Waals surface area contributed by atoms with Gasteiger partial charge in [-0.05, 0) is 19.3 Å². The minimum atomic E-state index is -0.235. The SMILES string of the molecule is NC(=O)CC1CCCc2[nH]cnc21. The number of primary amides is 1. The van der Waals surface area contributed by atoms with Gasteiger partial charge in [0, 0.05) is 18.0 Å². The summed E-state index contributed by atoms with van der Waals surface area (Å²) >= 11 is 0. The van der Waals surface area contributed by atoms with Crippen molar-refractivity contribution in [3.63, 3.8) is 0 Å². The number of H-pyrrole nitrogens is 1. The molecular weight excluding hydrogens is 166 g/mol. The zero-order valence-electron chi connectivity index (χ0n) is 7.42. The van der Waals surface area contributed by atoms with E-state index in [4.69, 9.17) is 5.73 Å². The second kappa shape index (κ2) is 3.20. The number of carbonyl (C=O) groups is 1. The molecule has 0 bridgehead atoms. The van der Waals surface area contributed by atoms with Gasteiger partial charge in [0.1, 0.15) is 0 Å². The third kappa shape index (κ3) is 1.56. The maximum Gasteiger partial charge on any atom is 0.218 e. The Balaban J connectivity index is 2.20. The summed E-state index contributed by atoms with van der Waals surface area (Å²) in [5, 5.41) is 0. The Kier molecular flexibility index (Phi) is 2.04. The minimum Gasteiger partial charge on any atom is -0.370 e. The first kappa shape index (κ1) is 8.29. The van der Waals surface area contributed by atoms with Crippen LogP contribution >= 0.6 is 0 Å². The summed E-state index contributed by atoms with van der Waals surface area (Å²) in [5.41, 5.74) is 7.40. The fourth-order valence-corrected chi connectivity index (χ4v) is 1.99. The van der Waals surface area contributed by atoms with Gasteiger partial charge in [0.05, 0.1) is 12.0 Å². The lowest BCUT2D eigenvalue weighted by Crippen LogP contribution is -2.18. The Morgan fingerprint density at radius 1 is 1.77 bits per heavy atom. The summed E-state index contributed by atoms with van der Waals surface area (Å²) < 4.78 is 0. The Morgan fingerprint density at radius 3 is 3.38 bits per heavy atom. The van der Waals surface area contributed by atoms with Gasteiger partial charge in [-0.3, -0.25) is 4.79 Å². The molecule has 3 N–H and O–H groups in total. The largest absolute Gasteiger partial charge is 0.370 e. The molecule has 1 aliphatic carbocycles. The molecule has 4 nitrogen and oxygen atoms in total. The predicted molar refractivity (Wildman–Crippen MR) is 48.1 cm³/mol. The lowest BCUT2D eigenvalue weighted by atomic mass is 9.87. The van der Waals surface area contributed by atoms with Crippen LogP contribution in [0.3, 0.4) is 0 Å². The highest BCUT2D eigenvalue weighted by Gasteiger charge is 2.23. The number of aromatic nitrogens is 2. The molecule has 1 atom stereocenters. The summed E-state index contributed by atoms with van der Waals surface area (Å²) in [6, 6.07) is 0. The molecule has 2 rings (SSSR count). The number of amides is 1. The standard InChI is InChI=1S/C9H13N3O/c10-8(13)4-6-2-1-3-7-9(6)12-5-11-7/h5-6H,1-4H2,(H2,10,13)(H,11,12). The summed E-state index contributed by atoms with van der Waals surface area (Å²) in [5.74, 6) is 0.00773. The fourth-order valence-electron chi connectivity index (χ4n) is 1.99. The monoisotopic (exact) mass is 179 g/mol. The average molecular weight is 179 g/mol. The van der Waals surface area contributed by atoms with Gasteiger partial charge in [0.15, 0.2) is 0 Å². The van der Waals surface area contributed by atoms with E-state index in [0.717, 1.165) is 25.0 Å². The summed E-state index contributed by atoms with van der Waals surface area (Å²) in [6.07, 6.45) is 5.32. The van der Waals surface area contributed by atoms with Crippen LogP contribution in [0.2, 0.25) is 0 Å².